The van der Waals surface area contributed by atoms with Crippen LogP contribution in [0.15, 0.2) is 0 Å². The zero-order valence-electron chi connectivity index (χ0n) is 8.26. The number of rotatable bonds is 4. The van der Waals surface area contributed by atoms with Crippen LogP contribution < -0.4 is 16.4 Å². The molecule has 0 bridgehead atoms. The highest BCUT2D eigenvalue weighted by Gasteiger charge is 2.09. The molecule has 0 aromatic heterocycles. The fourth-order valence-electron chi connectivity index (χ4n) is 0.701. The minimum absolute atomic E-state index is 0.0153. The monoisotopic (exact) mass is 187 g/mol. The molecule has 13 heavy (non-hydrogen) atoms. The summed E-state index contributed by atoms with van der Waals surface area (Å²) in [5.74, 6) is -0.525. The molecule has 4 N–H and O–H groups in total. The van der Waals surface area contributed by atoms with E-state index in [1.54, 1.807) is 6.92 Å². The zero-order chi connectivity index (χ0) is 10.4. The van der Waals surface area contributed by atoms with E-state index in [9.17, 15) is 9.59 Å². The largest absolute Gasteiger partial charge is 0.352 e. The summed E-state index contributed by atoms with van der Waals surface area (Å²) in [6, 6.07) is -0.494. The van der Waals surface area contributed by atoms with Crippen LogP contribution in [0.1, 0.15) is 20.8 Å². The summed E-state index contributed by atoms with van der Waals surface area (Å²) >= 11 is 0. The highest BCUT2D eigenvalue weighted by atomic mass is 16.2. The van der Waals surface area contributed by atoms with Gasteiger partial charge in [0.1, 0.15) is 0 Å². The predicted octanol–water partition coefficient (Wildman–Crippen LogP) is -1.03. The van der Waals surface area contributed by atoms with Gasteiger partial charge < -0.3 is 16.4 Å². The minimum atomic E-state index is -0.577. The van der Waals surface area contributed by atoms with Gasteiger partial charge in [-0.3, -0.25) is 9.59 Å². The van der Waals surface area contributed by atoms with Crippen LogP contribution in [0.25, 0.3) is 0 Å². The van der Waals surface area contributed by atoms with Gasteiger partial charge in [-0.2, -0.15) is 0 Å². The van der Waals surface area contributed by atoms with Gasteiger partial charge in [0.2, 0.25) is 11.8 Å². The van der Waals surface area contributed by atoms with Gasteiger partial charge in [-0.1, -0.05) is 0 Å². The molecule has 0 saturated heterocycles. The van der Waals surface area contributed by atoms with Gasteiger partial charge in [-0.25, -0.2) is 0 Å². The van der Waals surface area contributed by atoms with Crippen molar-refractivity contribution in [1.82, 2.24) is 10.6 Å². The summed E-state index contributed by atoms with van der Waals surface area (Å²) in [4.78, 5) is 21.9. The molecule has 1 atom stereocenters. The van der Waals surface area contributed by atoms with E-state index >= 15 is 0 Å². The molecule has 0 rings (SSSR count). The molecule has 0 saturated carbocycles. The Hall–Kier alpha value is -1.10. The molecule has 0 aliphatic heterocycles. The normalized spacial score (nSPS) is 12.4. The molecule has 0 aliphatic carbocycles. The molecule has 0 aromatic rings. The maximum Gasteiger partial charge on any atom is 0.239 e. The van der Waals surface area contributed by atoms with Crippen molar-refractivity contribution in [3.63, 3.8) is 0 Å². The minimum Gasteiger partial charge on any atom is -0.352 e. The third kappa shape index (κ3) is 6.10. The molecule has 0 heterocycles. The van der Waals surface area contributed by atoms with E-state index in [4.69, 9.17) is 5.73 Å². The molecule has 2 amide bonds. The van der Waals surface area contributed by atoms with Crippen LogP contribution in [0.4, 0.5) is 0 Å². The van der Waals surface area contributed by atoms with Gasteiger partial charge >= 0.3 is 0 Å². The average molecular weight is 187 g/mol. The smallest absolute Gasteiger partial charge is 0.239 e. The topological polar surface area (TPSA) is 84.2 Å². The van der Waals surface area contributed by atoms with Crippen molar-refractivity contribution in [2.24, 2.45) is 5.73 Å². The molecule has 0 unspecified atom stereocenters. The van der Waals surface area contributed by atoms with Crippen molar-refractivity contribution in [3.8, 4) is 0 Å². The van der Waals surface area contributed by atoms with E-state index in [1.165, 1.54) is 0 Å². The Morgan fingerprint density at radius 3 is 2.23 bits per heavy atom. The Morgan fingerprint density at radius 1 is 1.31 bits per heavy atom. The van der Waals surface area contributed by atoms with Gasteiger partial charge in [0.15, 0.2) is 0 Å². The Balaban J connectivity index is 3.64. The Morgan fingerprint density at radius 2 is 1.85 bits per heavy atom. The second-order valence-electron chi connectivity index (χ2n) is 3.23. The lowest BCUT2D eigenvalue weighted by molar-refractivity contribution is -0.126. The molecule has 0 fully saturated rings. The maximum atomic E-state index is 11.0. The van der Waals surface area contributed by atoms with Gasteiger partial charge in [-0.05, 0) is 20.8 Å². The summed E-state index contributed by atoms with van der Waals surface area (Å²) in [5, 5.41) is 5.05. The summed E-state index contributed by atoms with van der Waals surface area (Å²) < 4.78 is 0. The maximum absolute atomic E-state index is 11.0. The van der Waals surface area contributed by atoms with Crippen LogP contribution in [0.3, 0.4) is 0 Å². The lowest BCUT2D eigenvalue weighted by atomic mass is 10.3. The summed E-state index contributed by atoms with van der Waals surface area (Å²) in [6.07, 6.45) is 0. The molecule has 0 aliphatic rings. The van der Waals surface area contributed by atoms with E-state index < -0.39 is 6.04 Å². The van der Waals surface area contributed by atoms with Gasteiger partial charge in [0.25, 0.3) is 0 Å². The molecule has 5 heteroatoms. The Bertz CT molecular complexity index is 190. The molecule has 0 spiro atoms. The van der Waals surface area contributed by atoms with Crippen LogP contribution in [0.5, 0.6) is 0 Å². The quantitative estimate of drug-likeness (QED) is 0.526. The van der Waals surface area contributed by atoms with E-state index in [-0.39, 0.29) is 24.4 Å². The van der Waals surface area contributed by atoms with Crippen molar-refractivity contribution in [2.45, 2.75) is 32.9 Å². The number of hydrogen-bond acceptors (Lipinski definition) is 3. The fourth-order valence-corrected chi connectivity index (χ4v) is 0.701. The summed E-state index contributed by atoms with van der Waals surface area (Å²) in [5.41, 5.74) is 5.28. The van der Waals surface area contributed by atoms with Crippen molar-refractivity contribution < 1.29 is 9.59 Å². The van der Waals surface area contributed by atoms with Crippen LogP contribution in [-0.4, -0.2) is 30.4 Å². The molecule has 0 aromatic carbocycles. The van der Waals surface area contributed by atoms with E-state index in [2.05, 4.69) is 10.6 Å². The number of amides is 2. The number of hydrogen-bond donors (Lipinski definition) is 3. The Labute approximate surface area is 78.1 Å². The molecule has 76 valence electrons. The van der Waals surface area contributed by atoms with Crippen LogP contribution in [-0.2, 0) is 9.59 Å². The van der Waals surface area contributed by atoms with Crippen molar-refractivity contribution in [1.29, 1.82) is 0 Å². The van der Waals surface area contributed by atoms with E-state index in [0.717, 1.165) is 0 Å². The zero-order valence-corrected chi connectivity index (χ0v) is 8.26. The lowest BCUT2D eigenvalue weighted by Crippen LogP contribution is -2.44. The summed E-state index contributed by atoms with van der Waals surface area (Å²) in [7, 11) is 0. The molecule has 0 radical (unpaired) electrons. The third-order valence-corrected chi connectivity index (χ3v) is 1.29. The first-order valence-electron chi connectivity index (χ1n) is 4.26. The van der Waals surface area contributed by atoms with Crippen molar-refractivity contribution in [3.05, 3.63) is 0 Å². The first kappa shape index (κ1) is 11.9. The fraction of sp³-hybridized carbons (Fsp3) is 0.750. The average Bonchev–Trinajstić information content (AvgIpc) is 1.98. The number of carbonyl (C=O) groups is 2. The predicted molar refractivity (Wildman–Crippen MR) is 49.9 cm³/mol. The van der Waals surface area contributed by atoms with Gasteiger partial charge in [0, 0.05) is 6.04 Å². The van der Waals surface area contributed by atoms with E-state index in [1.807, 2.05) is 13.8 Å². The van der Waals surface area contributed by atoms with Crippen LogP contribution in [0.2, 0.25) is 0 Å². The first-order valence-corrected chi connectivity index (χ1v) is 4.26. The molecular weight excluding hydrogens is 170 g/mol. The number of carbonyl (C=O) groups excluding carboxylic acids is 2. The number of nitrogens with two attached hydrogens (primary N) is 1. The molecule has 5 nitrogen and oxygen atoms in total. The third-order valence-electron chi connectivity index (χ3n) is 1.29. The highest BCUT2D eigenvalue weighted by Crippen LogP contribution is 1.77. The van der Waals surface area contributed by atoms with Crippen molar-refractivity contribution in [2.75, 3.05) is 6.54 Å². The SMILES string of the molecule is CC(C)NC(=O)CNC(=O)[C@@H](C)N. The number of nitrogens with one attached hydrogen (secondary N) is 2. The highest BCUT2D eigenvalue weighted by molar-refractivity contribution is 5.87. The lowest BCUT2D eigenvalue weighted by Gasteiger charge is -2.10. The second-order valence-corrected chi connectivity index (χ2v) is 3.23. The van der Waals surface area contributed by atoms with Gasteiger partial charge in [0.05, 0.1) is 12.6 Å². The molecular formula is C8H17N3O2. The Kier molecular flexibility index (Phi) is 5.06. The first-order chi connectivity index (χ1) is 5.93. The van der Waals surface area contributed by atoms with Crippen molar-refractivity contribution >= 4 is 11.8 Å². The van der Waals surface area contributed by atoms with Gasteiger partial charge in [-0.15, -0.1) is 0 Å². The standard InChI is InChI=1S/C8H17N3O2/c1-5(2)11-7(12)4-10-8(13)6(3)9/h5-6H,4,9H2,1-3H3,(H,10,13)(H,11,12)/t6-/m1/s1. The second kappa shape index (κ2) is 5.53. The van der Waals surface area contributed by atoms with Crippen LogP contribution >= 0.6 is 0 Å². The summed E-state index contributed by atoms with van der Waals surface area (Å²) in [6.45, 7) is 5.25. The van der Waals surface area contributed by atoms with Crippen LogP contribution in [0, 0.1) is 0 Å². The van der Waals surface area contributed by atoms with E-state index in [0.29, 0.717) is 0 Å².